The summed E-state index contributed by atoms with van der Waals surface area (Å²) in [6.45, 7) is 4.99. The number of nitrogens with zero attached hydrogens (tertiary/aromatic N) is 3. The first kappa shape index (κ1) is 10.0. The summed E-state index contributed by atoms with van der Waals surface area (Å²) in [5, 5.41) is 4.28. The molecule has 0 saturated carbocycles. The third kappa shape index (κ3) is 1.83. The van der Waals surface area contributed by atoms with Crippen molar-refractivity contribution in [2.24, 2.45) is 0 Å². The number of nitrogens with one attached hydrogen (secondary N) is 1. The molecule has 4 nitrogen and oxygen atoms in total. The molecular formula is C10H12N4S. The van der Waals surface area contributed by atoms with Gasteiger partial charge >= 0.3 is 0 Å². The van der Waals surface area contributed by atoms with Crippen LogP contribution in [0.1, 0.15) is 12.6 Å². The zero-order valence-corrected chi connectivity index (χ0v) is 9.51. The largest absolute Gasteiger partial charge is 0.330 e. The first-order valence-corrected chi connectivity index (χ1v) is 5.21. The van der Waals surface area contributed by atoms with E-state index in [0.29, 0.717) is 4.77 Å². The van der Waals surface area contributed by atoms with Gasteiger partial charge in [-0.15, -0.1) is 0 Å². The molecule has 0 aromatic carbocycles. The molecule has 0 spiro atoms. The van der Waals surface area contributed by atoms with Crippen LogP contribution in [0.3, 0.4) is 0 Å². The van der Waals surface area contributed by atoms with Crippen LogP contribution in [0.4, 0.5) is 0 Å². The number of H-pyrrole nitrogens is 1. The number of aromatic nitrogens is 4. The van der Waals surface area contributed by atoms with E-state index in [1.54, 1.807) is 6.20 Å². The SMILES string of the molecule is CCn1ncc(-c2ccnc(=S)[nH]2)c1C. The van der Waals surface area contributed by atoms with Crippen LogP contribution in [0.2, 0.25) is 0 Å². The maximum absolute atomic E-state index is 4.98. The van der Waals surface area contributed by atoms with Crippen LogP contribution in [0.25, 0.3) is 11.3 Å². The van der Waals surface area contributed by atoms with Crippen LogP contribution < -0.4 is 0 Å². The van der Waals surface area contributed by atoms with Crippen molar-refractivity contribution in [3.63, 3.8) is 0 Å². The highest BCUT2D eigenvalue weighted by atomic mass is 32.1. The third-order valence-corrected chi connectivity index (χ3v) is 2.57. The van der Waals surface area contributed by atoms with Crippen LogP contribution in [-0.2, 0) is 6.54 Å². The van der Waals surface area contributed by atoms with Crippen LogP contribution in [-0.4, -0.2) is 19.7 Å². The smallest absolute Gasteiger partial charge is 0.197 e. The molecule has 2 aromatic heterocycles. The Morgan fingerprint density at radius 2 is 2.33 bits per heavy atom. The Hall–Kier alpha value is -1.49. The molecule has 15 heavy (non-hydrogen) atoms. The molecule has 2 aromatic rings. The van der Waals surface area contributed by atoms with Crippen molar-refractivity contribution in [1.29, 1.82) is 0 Å². The van der Waals surface area contributed by atoms with Crippen LogP contribution in [0.5, 0.6) is 0 Å². The lowest BCUT2D eigenvalue weighted by molar-refractivity contribution is 0.640. The van der Waals surface area contributed by atoms with Crippen LogP contribution in [0.15, 0.2) is 18.5 Å². The van der Waals surface area contributed by atoms with Gasteiger partial charge in [-0.2, -0.15) is 5.10 Å². The minimum atomic E-state index is 0.496. The molecule has 0 aliphatic carbocycles. The maximum atomic E-state index is 4.98. The van der Waals surface area contributed by atoms with Gasteiger partial charge in [0, 0.05) is 24.0 Å². The normalized spacial score (nSPS) is 10.5. The molecule has 0 aliphatic heterocycles. The zero-order valence-electron chi connectivity index (χ0n) is 8.69. The Balaban J connectivity index is 2.54. The van der Waals surface area contributed by atoms with Gasteiger partial charge < -0.3 is 4.98 Å². The van der Waals surface area contributed by atoms with E-state index in [9.17, 15) is 0 Å². The molecule has 0 amide bonds. The summed E-state index contributed by atoms with van der Waals surface area (Å²) in [6, 6.07) is 1.90. The van der Waals surface area contributed by atoms with Crippen molar-refractivity contribution in [1.82, 2.24) is 19.7 Å². The second kappa shape index (κ2) is 3.94. The minimum absolute atomic E-state index is 0.496. The molecule has 2 heterocycles. The predicted molar refractivity (Wildman–Crippen MR) is 61.1 cm³/mol. The van der Waals surface area contributed by atoms with Crippen molar-refractivity contribution in [3.05, 3.63) is 28.9 Å². The number of hydrogen-bond acceptors (Lipinski definition) is 3. The average Bonchev–Trinajstić information content (AvgIpc) is 2.59. The van der Waals surface area contributed by atoms with E-state index in [4.69, 9.17) is 12.2 Å². The maximum Gasteiger partial charge on any atom is 0.197 e. The summed E-state index contributed by atoms with van der Waals surface area (Å²) in [5.41, 5.74) is 3.17. The second-order valence-corrected chi connectivity index (χ2v) is 3.63. The summed E-state index contributed by atoms with van der Waals surface area (Å²) >= 11 is 4.98. The summed E-state index contributed by atoms with van der Waals surface area (Å²) in [4.78, 5) is 7.01. The van der Waals surface area contributed by atoms with Gasteiger partial charge in [-0.3, -0.25) is 4.68 Å². The molecule has 0 bridgehead atoms. The molecule has 0 aliphatic rings. The third-order valence-electron chi connectivity index (χ3n) is 2.37. The molecule has 5 heteroatoms. The highest BCUT2D eigenvalue weighted by Crippen LogP contribution is 2.19. The number of rotatable bonds is 2. The van der Waals surface area contributed by atoms with Crippen molar-refractivity contribution in [2.45, 2.75) is 20.4 Å². The van der Waals surface area contributed by atoms with Crippen LogP contribution >= 0.6 is 12.2 Å². The summed E-state index contributed by atoms with van der Waals surface area (Å²) in [5.74, 6) is 0. The molecular weight excluding hydrogens is 208 g/mol. The van der Waals surface area contributed by atoms with E-state index >= 15 is 0 Å². The summed E-state index contributed by atoms with van der Waals surface area (Å²) < 4.78 is 2.45. The van der Waals surface area contributed by atoms with E-state index < -0.39 is 0 Å². The molecule has 78 valence electrons. The average molecular weight is 220 g/mol. The Bertz CT molecular complexity index is 526. The fourth-order valence-corrected chi connectivity index (χ4v) is 1.73. The highest BCUT2D eigenvalue weighted by Gasteiger charge is 2.07. The first-order chi connectivity index (χ1) is 7.22. The fraction of sp³-hybridized carbons (Fsp3) is 0.300. The molecule has 1 N–H and O–H groups in total. The Labute approximate surface area is 93.0 Å². The highest BCUT2D eigenvalue weighted by molar-refractivity contribution is 7.71. The number of aromatic amines is 1. The lowest BCUT2D eigenvalue weighted by Gasteiger charge is -2.02. The first-order valence-electron chi connectivity index (χ1n) is 4.80. The Kier molecular flexibility index (Phi) is 2.64. The Morgan fingerprint density at radius 3 is 2.93 bits per heavy atom. The monoisotopic (exact) mass is 220 g/mol. The van der Waals surface area contributed by atoms with Gasteiger partial charge in [0.05, 0.1) is 11.9 Å². The Morgan fingerprint density at radius 1 is 1.53 bits per heavy atom. The lowest BCUT2D eigenvalue weighted by Crippen LogP contribution is -1.98. The molecule has 2 rings (SSSR count). The van der Waals surface area contributed by atoms with Gasteiger partial charge in [0.1, 0.15) is 0 Å². The van der Waals surface area contributed by atoms with Crippen molar-refractivity contribution in [2.75, 3.05) is 0 Å². The van der Waals surface area contributed by atoms with Crippen molar-refractivity contribution in [3.8, 4) is 11.3 Å². The van der Waals surface area contributed by atoms with Gasteiger partial charge in [0.2, 0.25) is 0 Å². The minimum Gasteiger partial charge on any atom is -0.330 e. The fourth-order valence-electron chi connectivity index (χ4n) is 1.56. The van der Waals surface area contributed by atoms with Crippen LogP contribution in [0, 0.1) is 11.7 Å². The van der Waals surface area contributed by atoms with E-state index in [1.807, 2.05) is 23.9 Å². The molecule has 0 saturated heterocycles. The van der Waals surface area contributed by atoms with E-state index in [0.717, 1.165) is 23.5 Å². The molecule has 0 fully saturated rings. The molecule has 0 atom stereocenters. The summed E-state index contributed by atoms with van der Waals surface area (Å²) in [7, 11) is 0. The zero-order chi connectivity index (χ0) is 10.8. The van der Waals surface area contributed by atoms with Crippen molar-refractivity contribution < 1.29 is 0 Å². The van der Waals surface area contributed by atoms with Gasteiger partial charge in [-0.05, 0) is 32.1 Å². The standard InChI is InChI=1S/C10H12N4S/c1-3-14-7(2)8(6-12-14)9-4-5-11-10(15)13-9/h4-6H,3H2,1-2H3,(H,11,13,15). The quantitative estimate of drug-likeness (QED) is 0.790. The topological polar surface area (TPSA) is 46.5 Å². The van der Waals surface area contributed by atoms with E-state index in [1.165, 1.54) is 0 Å². The van der Waals surface area contributed by atoms with Gasteiger partial charge in [0.15, 0.2) is 4.77 Å². The van der Waals surface area contributed by atoms with Crippen molar-refractivity contribution >= 4 is 12.2 Å². The van der Waals surface area contributed by atoms with E-state index in [2.05, 4.69) is 22.0 Å². The van der Waals surface area contributed by atoms with Gasteiger partial charge in [0.25, 0.3) is 0 Å². The molecule has 0 unspecified atom stereocenters. The lowest BCUT2D eigenvalue weighted by atomic mass is 10.2. The number of aryl methyl sites for hydroxylation is 1. The number of hydrogen-bond donors (Lipinski definition) is 1. The predicted octanol–water partition coefficient (Wildman–Crippen LogP) is 2.33. The summed E-state index contributed by atoms with van der Waals surface area (Å²) in [6.07, 6.45) is 3.55. The second-order valence-electron chi connectivity index (χ2n) is 3.25. The van der Waals surface area contributed by atoms with E-state index in [-0.39, 0.29) is 0 Å². The molecule has 0 radical (unpaired) electrons. The van der Waals surface area contributed by atoms with Gasteiger partial charge in [-0.1, -0.05) is 0 Å². The van der Waals surface area contributed by atoms with Gasteiger partial charge in [-0.25, -0.2) is 4.98 Å².